The number of rotatable bonds is 4. The maximum absolute atomic E-state index is 12.2. The Kier molecular flexibility index (Phi) is 4.53. The predicted molar refractivity (Wildman–Crippen MR) is 84.5 cm³/mol. The topological polar surface area (TPSA) is 65.4 Å². The van der Waals surface area contributed by atoms with Crippen molar-refractivity contribution in [3.63, 3.8) is 0 Å². The third-order valence-corrected chi connectivity index (χ3v) is 4.75. The van der Waals surface area contributed by atoms with E-state index in [0.717, 1.165) is 40.2 Å². The van der Waals surface area contributed by atoms with Crippen LogP contribution in [-0.4, -0.2) is 32.2 Å². The Hall–Kier alpha value is -1.60. The smallest absolute Gasteiger partial charge is 0.266 e. The van der Waals surface area contributed by atoms with Gasteiger partial charge in [0.15, 0.2) is 0 Å². The molecule has 1 aliphatic rings. The second kappa shape index (κ2) is 6.03. The summed E-state index contributed by atoms with van der Waals surface area (Å²) in [5, 5.41) is 10.7. The molecule has 0 spiro atoms. The summed E-state index contributed by atoms with van der Waals surface area (Å²) in [4.78, 5) is 24.3. The molecular weight excluding hydrogens is 308 g/mol. The number of thioether (sulfide) groups is 1. The summed E-state index contributed by atoms with van der Waals surface area (Å²) in [6.07, 6.45) is 1.77. The number of hydrogen-bond donors (Lipinski definition) is 0. The monoisotopic (exact) mass is 323 g/mol. The molecule has 21 heavy (non-hydrogen) atoms. The molecule has 0 atom stereocenters. The lowest BCUT2D eigenvalue weighted by Crippen LogP contribution is -2.40. The molecule has 1 amide bonds. The van der Waals surface area contributed by atoms with Crippen LogP contribution in [0.3, 0.4) is 0 Å². The van der Waals surface area contributed by atoms with Gasteiger partial charge in [0.1, 0.15) is 4.32 Å². The van der Waals surface area contributed by atoms with E-state index in [4.69, 9.17) is 12.2 Å². The molecule has 2 rings (SSSR count). The minimum atomic E-state index is -1.32. The van der Waals surface area contributed by atoms with Gasteiger partial charge in [0, 0.05) is 17.9 Å². The Morgan fingerprint density at radius 1 is 1.48 bits per heavy atom. The normalized spacial score (nSPS) is 17.1. The van der Waals surface area contributed by atoms with Crippen molar-refractivity contribution in [1.82, 2.24) is 9.47 Å². The molecule has 0 N–H and O–H groups in total. The Morgan fingerprint density at radius 3 is 2.67 bits per heavy atom. The highest BCUT2D eigenvalue weighted by Crippen LogP contribution is 2.33. The van der Waals surface area contributed by atoms with Crippen molar-refractivity contribution in [2.45, 2.75) is 27.3 Å². The van der Waals surface area contributed by atoms with Crippen LogP contribution in [0.15, 0.2) is 11.0 Å². The summed E-state index contributed by atoms with van der Waals surface area (Å²) >= 11 is 6.17. The van der Waals surface area contributed by atoms with Crippen LogP contribution in [0.25, 0.3) is 6.08 Å². The van der Waals surface area contributed by atoms with Crippen LogP contribution >= 0.6 is 24.0 Å². The zero-order valence-electron chi connectivity index (χ0n) is 12.0. The summed E-state index contributed by atoms with van der Waals surface area (Å²) < 4.78 is 2.40. The van der Waals surface area contributed by atoms with E-state index < -0.39 is 12.5 Å². The van der Waals surface area contributed by atoms with E-state index in [1.165, 1.54) is 0 Å². The van der Waals surface area contributed by atoms with Crippen LogP contribution in [0, 0.1) is 13.8 Å². The number of nitrogens with zero attached hydrogens (tertiary/aromatic N) is 2. The Labute approximate surface area is 132 Å². The summed E-state index contributed by atoms with van der Waals surface area (Å²) in [6.45, 7) is 6.41. The maximum atomic E-state index is 12.2. The molecule has 7 heteroatoms. The van der Waals surface area contributed by atoms with E-state index in [2.05, 4.69) is 11.5 Å². The van der Waals surface area contributed by atoms with Crippen molar-refractivity contribution >= 4 is 46.3 Å². The van der Waals surface area contributed by atoms with Crippen molar-refractivity contribution in [3.05, 3.63) is 27.9 Å². The van der Waals surface area contributed by atoms with Gasteiger partial charge in [-0.3, -0.25) is 9.69 Å². The Morgan fingerprint density at radius 2 is 2.14 bits per heavy atom. The molecule has 1 aliphatic heterocycles. The molecule has 1 saturated heterocycles. The molecule has 0 aromatic carbocycles. The van der Waals surface area contributed by atoms with Crippen LogP contribution in [0.5, 0.6) is 0 Å². The van der Waals surface area contributed by atoms with Crippen molar-refractivity contribution in [1.29, 1.82) is 0 Å². The van der Waals surface area contributed by atoms with Crippen LogP contribution in [0.1, 0.15) is 23.9 Å². The van der Waals surface area contributed by atoms with Crippen molar-refractivity contribution in [2.24, 2.45) is 0 Å². The van der Waals surface area contributed by atoms with Gasteiger partial charge in [-0.25, -0.2) is 0 Å². The number of carboxylic acid groups (broad SMARTS) is 1. The maximum Gasteiger partial charge on any atom is 0.266 e. The molecule has 5 nitrogen and oxygen atoms in total. The molecule has 2 heterocycles. The molecule has 112 valence electrons. The zero-order valence-corrected chi connectivity index (χ0v) is 13.6. The van der Waals surface area contributed by atoms with E-state index in [9.17, 15) is 14.7 Å². The Balaban J connectivity index is 2.33. The van der Waals surface area contributed by atoms with E-state index in [-0.39, 0.29) is 10.2 Å². The Bertz CT molecular complexity index is 661. The SMILES string of the molecule is CCn1c(C)cc(/C=C2\SC(=S)N(CC(=O)[O-])C2=O)c1C. The van der Waals surface area contributed by atoms with E-state index in [1.54, 1.807) is 6.08 Å². The number of amides is 1. The first-order valence-corrected chi connectivity index (χ1v) is 7.69. The first-order valence-electron chi connectivity index (χ1n) is 6.47. The number of aryl methyl sites for hydroxylation is 1. The quantitative estimate of drug-likeness (QED) is 0.613. The lowest BCUT2D eigenvalue weighted by molar-refractivity contribution is -0.305. The molecule has 1 aromatic heterocycles. The third kappa shape index (κ3) is 3.03. The third-order valence-electron chi connectivity index (χ3n) is 3.38. The number of hydrogen-bond acceptors (Lipinski definition) is 5. The van der Waals surface area contributed by atoms with Gasteiger partial charge >= 0.3 is 0 Å². The van der Waals surface area contributed by atoms with Gasteiger partial charge in [0.2, 0.25) is 0 Å². The summed E-state index contributed by atoms with van der Waals surface area (Å²) in [6, 6.07) is 2.00. The van der Waals surface area contributed by atoms with Crippen LogP contribution < -0.4 is 5.11 Å². The number of aromatic nitrogens is 1. The first-order chi connectivity index (χ1) is 9.85. The fraction of sp³-hybridized carbons (Fsp3) is 0.357. The van der Waals surface area contributed by atoms with Crippen LogP contribution in [0.4, 0.5) is 0 Å². The average molecular weight is 323 g/mol. The van der Waals surface area contributed by atoms with Gasteiger partial charge in [-0.15, -0.1) is 0 Å². The number of carbonyl (C=O) groups is 2. The fourth-order valence-electron chi connectivity index (χ4n) is 2.37. The highest BCUT2D eigenvalue weighted by atomic mass is 32.2. The van der Waals surface area contributed by atoms with Gasteiger partial charge < -0.3 is 14.5 Å². The van der Waals surface area contributed by atoms with Gasteiger partial charge in [0.05, 0.1) is 17.4 Å². The molecule has 0 saturated carbocycles. The van der Waals surface area contributed by atoms with Crippen LogP contribution in [-0.2, 0) is 16.1 Å². The second-order valence-electron chi connectivity index (χ2n) is 4.71. The van der Waals surface area contributed by atoms with Gasteiger partial charge in [-0.05, 0) is 38.5 Å². The highest BCUT2D eigenvalue weighted by molar-refractivity contribution is 8.26. The first kappa shape index (κ1) is 15.8. The number of carboxylic acids is 1. The molecule has 0 aliphatic carbocycles. The number of thiocarbonyl (C=S) groups is 1. The molecule has 1 aromatic rings. The second-order valence-corrected chi connectivity index (χ2v) is 6.39. The number of aliphatic carboxylic acids is 1. The molecule has 0 radical (unpaired) electrons. The molecule has 0 unspecified atom stereocenters. The van der Waals surface area contributed by atoms with Gasteiger partial charge in [-0.1, -0.05) is 24.0 Å². The molecular formula is C14H15N2O3S2-. The van der Waals surface area contributed by atoms with E-state index in [0.29, 0.717) is 4.91 Å². The molecule has 0 bridgehead atoms. The van der Waals surface area contributed by atoms with Crippen molar-refractivity contribution in [3.8, 4) is 0 Å². The minimum absolute atomic E-state index is 0.250. The number of carbonyl (C=O) groups excluding carboxylic acids is 2. The molecule has 1 fully saturated rings. The fourth-order valence-corrected chi connectivity index (χ4v) is 3.61. The zero-order chi connectivity index (χ0) is 15.7. The van der Waals surface area contributed by atoms with Crippen LogP contribution in [0.2, 0.25) is 0 Å². The lowest BCUT2D eigenvalue weighted by Gasteiger charge is -2.14. The van der Waals surface area contributed by atoms with Crippen molar-refractivity contribution < 1.29 is 14.7 Å². The minimum Gasteiger partial charge on any atom is -0.548 e. The largest absolute Gasteiger partial charge is 0.548 e. The standard InChI is InChI=1S/C14H16N2O3S2/c1-4-15-8(2)5-10(9(15)3)6-11-13(19)16(7-12(17)18)14(20)21-11/h5-6H,4,7H2,1-3H3,(H,17,18)/p-1/b11-6-. The van der Waals surface area contributed by atoms with Gasteiger partial charge in [0.25, 0.3) is 5.91 Å². The average Bonchev–Trinajstić information content (AvgIpc) is 2.81. The van der Waals surface area contributed by atoms with Gasteiger partial charge in [-0.2, -0.15) is 0 Å². The van der Waals surface area contributed by atoms with E-state index in [1.807, 2.05) is 19.9 Å². The lowest BCUT2D eigenvalue weighted by atomic mass is 10.2. The summed E-state index contributed by atoms with van der Waals surface area (Å²) in [5.74, 6) is -1.70. The van der Waals surface area contributed by atoms with E-state index >= 15 is 0 Å². The van der Waals surface area contributed by atoms with Crippen molar-refractivity contribution in [2.75, 3.05) is 6.54 Å². The highest BCUT2D eigenvalue weighted by Gasteiger charge is 2.32. The summed E-state index contributed by atoms with van der Waals surface area (Å²) in [5.41, 5.74) is 3.13. The summed E-state index contributed by atoms with van der Waals surface area (Å²) in [7, 11) is 0. The predicted octanol–water partition coefficient (Wildman–Crippen LogP) is 1.08.